The van der Waals surface area contributed by atoms with Gasteiger partial charge in [-0.25, -0.2) is 0 Å². The van der Waals surface area contributed by atoms with E-state index in [1.807, 2.05) is 137 Å². The first kappa shape index (κ1) is 53.9. The molecule has 0 aliphatic carbocycles. The van der Waals surface area contributed by atoms with Gasteiger partial charge in [0.05, 0.1) is 26.4 Å². The molecule has 0 fully saturated rings. The summed E-state index contributed by atoms with van der Waals surface area (Å²) in [6.07, 6.45) is 2.11. The maximum absolute atomic E-state index is 9.98. The van der Waals surface area contributed by atoms with Crippen LogP contribution in [0.1, 0.15) is 55.4 Å². The van der Waals surface area contributed by atoms with Gasteiger partial charge in [-0.05, 0) is 78.0 Å². The molecule has 332 valence electrons. The summed E-state index contributed by atoms with van der Waals surface area (Å²) in [6.45, 7) is 15.2. The molecule has 5 aromatic carbocycles. The van der Waals surface area contributed by atoms with Gasteiger partial charge in [-0.2, -0.15) is 22.7 Å². The molecule has 5 rings (SSSR count). The SMILES string of the molecule is CC(=O)/C=C(/C)[O-].CC(=O)/C=C(/C)[O-].CCOc1ccccc1[N-]c1cc([N-]c2ccccc2OCC)c([N-]c2ccccc2OCC)cc1[N-]c1ccccc1OCC.[Ni+3].[Ni+3]. The number of para-hydroxylation sites is 8. The van der Waals surface area contributed by atoms with Crippen LogP contribution in [-0.2, 0) is 42.6 Å². The van der Waals surface area contributed by atoms with Gasteiger partial charge in [0.2, 0.25) is 0 Å². The zero-order valence-electron chi connectivity index (χ0n) is 36.1. The molecule has 0 N–H and O–H groups in total. The number of nitrogens with zero attached hydrogens (tertiary/aromatic N) is 4. The fourth-order valence-electron chi connectivity index (χ4n) is 5.31. The second-order valence-electron chi connectivity index (χ2n) is 12.6. The first-order valence-corrected chi connectivity index (χ1v) is 19.5. The second kappa shape index (κ2) is 29.2. The Morgan fingerprint density at radius 1 is 0.419 bits per heavy atom. The molecule has 0 saturated heterocycles. The van der Waals surface area contributed by atoms with Gasteiger partial charge in [-0.15, -0.1) is 11.5 Å². The maximum Gasteiger partial charge on any atom is 3.00 e. The summed E-state index contributed by atoms with van der Waals surface area (Å²) in [7, 11) is 0. The molecule has 0 spiro atoms. The van der Waals surface area contributed by atoms with Crippen LogP contribution in [0.25, 0.3) is 21.3 Å². The molecule has 14 heteroatoms. The molecule has 0 amide bonds. The molecule has 62 heavy (non-hydrogen) atoms. The van der Waals surface area contributed by atoms with Gasteiger partial charge < -0.3 is 50.4 Å². The van der Waals surface area contributed by atoms with Crippen molar-refractivity contribution in [3.05, 3.63) is 154 Å². The predicted octanol–water partition coefficient (Wildman–Crippen LogP) is 12.3. The Labute approximate surface area is 386 Å². The van der Waals surface area contributed by atoms with Gasteiger partial charge in [-0.1, -0.05) is 122 Å². The molecule has 5 aromatic rings. The van der Waals surface area contributed by atoms with Gasteiger partial charge in [0.25, 0.3) is 0 Å². The Hall–Kier alpha value is -6.09. The van der Waals surface area contributed by atoms with Gasteiger partial charge in [-0.3, -0.25) is 9.59 Å². The molecular formula is C48H52N4Ni2O8. The fourth-order valence-corrected chi connectivity index (χ4v) is 5.31. The van der Waals surface area contributed by atoms with Crippen molar-refractivity contribution < 1.29 is 71.7 Å². The van der Waals surface area contributed by atoms with E-state index < -0.39 is 0 Å². The van der Waals surface area contributed by atoms with Crippen molar-refractivity contribution >= 4 is 57.1 Å². The van der Waals surface area contributed by atoms with Crippen LogP contribution in [0.5, 0.6) is 23.0 Å². The van der Waals surface area contributed by atoms with E-state index in [2.05, 4.69) is 0 Å². The van der Waals surface area contributed by atoms with Crippen LogP contribution >= 0.6 is 0 Å². The third-order valence-corrected chi connectivity index (χ3v) is 7.51. The number of carbonyl (C=O) groups is 2. The summed E-state index contributed by atoms with van der Waals surface area (Å²) < 4.78 is 23.6. The monoisotopic (exact) mass is 928 g/mol. The Morgan fingerprint density at radius 2 is 0.629 bits per heavy atom. The van der Waals surface area contributed by atoms with Crippen LogP contribution in [0.3, 0.4) is 0 Å². The normalized spacial score (nSPS) is 10.4. The number of allylic oxidation sites excluding steroid dienone is 4. The molecule has 0 aliphatic heterocycles. The molecule has 0 bridgehead atoms. The number of carbonyl (C=O) groups excluding carboxylic acids is 2. The minimum atomic E-state index is -0.187. The van der Waals surface area contributed by atoms with Crippen molar-refractivity contribution in [1.82, 2.24) is 0 Å². The molecule has 0 aromatic heterocycles. The second-order valence-corrected chi connectivity index (χ2v) is 12.6. The van der Waals surface area contributed by atoms with E-state index in [0.29, 0.717) is 94.9 Å². The molecule has 0 aliphatic rings. The van der Waals surface area contributed by atoms with Crippen molar-refractivity contribution in [3.63, 3.8) is 0 Å². The zero-order valence-corrected chi connectivity index (χ0v) is 38.0. The third kappa shape index (κ3) is 18.7. The van der Waals surface area contributed by atoms with Crippen LogP contribution in [0, 0.1) is 0 Å². The summed E-state index contributed by atoms with van der Waals surface area (Å²) in [5.74, 6) is 1.94. The average molecular weight is 930 g/mol. The van der Waals surface area contributed by atoms with E-state index in [9.17, 15) is 19.8 Å². The molecule has 0 saturated carbocycles. The maximum atomic E-state index is 9.98. The number of benzene rings is 5. The van der Waals surface area contributed by atoms with Crippen LogP contribution in [-0.4, -0.2) is 38.0 Å². The van der Waals surface area contributed by atoms with Crippen molar-refractivity contribution in [1.29, 1.82) is 0 Å². The van der Waals surface area contributed by atoms with Crippen LogP contribution in [0.4, 0.5) is 45.5 Å². The molecule has 0 heterocycles. The first-order chi connectivity index (χ1) is 28.9. The van der Waals surface area contributed by atoms with Crippen molar-refractivity contribution in [2.75, 3.05) is 26.4 Å². The van der Waals surface area contributed by atoms with Crippen molar-refractivity contribution in [3.8, 4) is 23.0 Å². The summed E-state index contributed by atoms with van der Waals surface area (Å²) in [5, 5.41) is 40.2. The van der Waals surface area contributed by atoms with Crippen molar-refractivity contribution in [2.24, 2.45) is 0 Å². The van der Waals surface area contributed by atoms with Gasteiger partial charge in [0.1, 0.15) is 23.0 Å². The summed E-state index contributed by atoms with van der Waals surface area (Å²) in [4.78, 5) is 20.0. The summed E-state index contributed by atoms with van der Waals surface area (Å²) in [6, 6.07) is 34.5. The van der Waals surface area contributed by atoms with Gasteiger partial charge >= 0.3 is 33.0 Å². The molecule has 0 unspecified atom stereocenters. The Kier molecular flexibility index (Phi) is 25.4. The number of ether oxygens (including phenoxy) is 4. The van der Waals surface area contributed by atoms with Crippen LogP contribution < -0.4 is 29.2 Å². The fraction of sp³-hybridized carbons (Fsp3) is 0.250. The molecule has 0 atom stereocenters. The number of ketones is 2. The minimum absolute atomic E-state index is 0. The molecular weight excluding hydrogens is 878 g/mol. The number of hydrogen-bond donors (Lipinski definition) is 0. The van der Waals surface area contributed by atoms with Crippen LogP contribution in [0.2, 0.25) is 0 Å². The standard InChI is InChI=1S/C38H38N4O4.2C5H8O2.2Ni/c1-5-43-35-21-13-9-17-27(35)39-31-25-33(41-29-19-11-15-23-37(29)45-7-3)34(42-30-20-12-16-24-38(30)46-8-4)26-32(31)40-28-18-10-14-22-36(28)44-6-2;2*1-4(6)3-5(2)7;;/h9-26H,5-8H2,1-4H3;2*3,6H,1-2H3;;/q-4;;;2*+3/p-2/b;2*4-3-;;. The quantitative estimate of drug-likeness (QED) is 0.0474. The third-order valence-electron chi connectivity index (χ3n) is 7.51. The van der Waals surface area contributed by atoms with Gasteiger partial charge in [0, 0.05) is 0 Å². The van der Waals surface area contributed by atoms with E-state index in [0.717, 1.165) is 12.2 Å². The topological polar surface area (TPSA) is 174 Å². The molecule has 2 radical (unpaired) electrons. The summed E-state index contributed by atoms with van der Waals surface area (Å²) in [5.41, 5.74) is 5.03. The Morgan fingerprint density at radius 3 is 0.790 bits per heavy atom. The predicted molar refractivity (Wildman–Crippen MR) is 236 cm³/mol. The Balaban J connectivity index is 0.00000104. The number of hydrogen-bond acceptors (Lipinski definition) is 8. The zero-order chi connectivity index (χ0) is 43.9. The van der Waals surface area contributed by atoms with E-state index >= 15 is 0 Å². The first-order valence-electron chi connectivity index (χ1n) is 19.5. The van der Waals surface area contributed by atoms with E-state index in [-0.39, 0.29) is 56.1 Å². The van der Waals surface area contributed by atoms with E-state index in [1.54, 1.807) is 0 Å². The smallest absolute Gasteiger partial charge is 0.876 e. The van der Waals surface area contributed by atoms with E-state index in [4.69, 9.17) is 40.2 Å². The van der Waals surface area contributed by atoms with Crippen LogP contribution in [0.15, 0.2) is 133 Å². The summed E-state index contributed by atoms with van der Waals surface area (Å²) >= 11 is 0. The molecule has 12 nitrogen and oxygen atoms in total. The van der Waals surface area contributed by atoms with Gasteiger partial charge in [0.15, 0.2) is 11.6 Å². The minimum Gasteiger partial charge on any atom is -0.876 e. The van der Waals surface area contributed by atoms with Crippen molar-refractivity contribution in [2.45, 2.75) is 55.4 Å². The largest absolute Gasteiger partial charge is 3.00 e. The van der Waals surface area contributed by atoms with E-state index in [1.165, 1.54) is 27.7 Å². The number of rotatable bonds is 18. The average Bonchev–Trinajstić information content (AvgIpc) is 3.19. The Bertz CT molecular complexity index is 1930.